The Morgan fingerprint density at radius 1 is 1.16 bits per heavy atom. The highest BCUT2D eigenvalue weighted by atomic mass is 35.5. The first kappa shape index (κ1) is 17.9. The van der Waals surface area contributed by atoms with Crippen LogP contribution in [-0.2, 0) is 9.53 Å². The molecule has 1 aromatic rings. The zero-order chi connectivity index (χ0) is 13.9. The molecule has 0 saturated carbocycles. The third-order valence-corrected chi connectivity index (χ3v) is 3.45. The summed E-state index contributed by atoms with van der Waals surface area (Å²) in [4.78, 5) is 11.7. The van der Waals surface area contributed by atoms with Gasteiger partial charge in [-0.3, -0.25) is 4.79 Å². The van der Waals surface area contributed by atoms with Gasteiger partial charge in [-0.2, -0.15) is 0 Å². The molecule has 4 heteroatoms. The van der Waals surface area contributed by atoms with Crippen molar-refractivity contribution in [2.24, 2.45) is 11.1 Å². The number of halogens is 1. The van der Waals surface area contributed by atoms with Crippen molar-refractivity contribution in [3.8, 4) is 0 Å². The number of methoxy groups -OCH3 is 1. The molecule has 0 bridgehead atoms. The largest absolute Gasteiger partial charge is 0.469 e. The van der Waals surface area contributed by atoms with Crippen LogP contribution >= 0.6 is 12.4 Å². The molecule has 0 fully saturated rings. The first-order valence-corrected chi connectivity index (χ1v) is 6.24. The summed E-state index contributed by atoms with van der Waals surface area (Å²) in [5.41, 5.74) is 7.67. The summed E-state index contributed by atoms with van der Waals surface area (Å²) >= 11 is 0. The van der Waals surface area contributed by atoms with E-state index in [-0.39, 0.29) is 24.4 Å². The van der Waals surface area contributed by atoms with Crippen LogP contribution in [0.1, 0.15) is 50.8 Å². The summed E-state index contributed by atoms with van der Waals surface area (Å²) in [7, 11) is 1.39. The summed E-state index contributed by atoms with van der Waals surface area (Å²) in [6.07, 6.45) is 0. The fraction of sp³-hybridized carbons (Fsp3) is 0.533. The van der Waals surface area contributed by atoms with Crippen LogP contribution in [0.15, 0.2) is 24.3 Å². The van der Waals surface area contributed by atoms with Crippen LogP contribution in [-0.4, -0.2) is 13.1 Å². The van der Waals surface area contributed by atoms with Crippen molar-refractivity contribution < 1.29 is 9.53 Å². The van der Waals surface area contributed by atoms with Crippen molar-refractivity contribution in [3.63, 3.8) is 0 Å². The highest BCUT2D eigenvalue weighted by Crippen LogP contribution is 2.32. The molecular weight excluding hydrogens is 262 g/mol. The second-order valence-electron chi connectivity index (χ2n) is 5.51. The molecule has 2 N–H and O–H groups in total. The lowest BCUT2D eigenvalue weighted by Crippen LogP contribution is -2.37. The third kappa shape index (κ3) is 3.95. The van der Waals surface area contributed by atoms with Crippen molar-refractivity contribution in [2.45, 2.75) is 39.7 Å². The zero-order valence-corrected chi connectivity index (χ0v) is 13.1. The Labute approximate surface area is 121 Å². The molecule has 108 valence electrons. The van der Waals surface area contributed by atoms with Gasteiger partial charge in [-0.05, 0) is 30.9 Å². The van der Waals surface area contributed by atoms with Gasteiger partial charge in [-0.15, -0.1) is 12.4 Å². The lowest BCUT2D eigenvalue weighted by Gasteiger charge is -2.29. The van der Waals surface area contributed by atoms with Gasteiger partial charge in [0.2, 0.25) is 0 Å². The highest BCUT2D eigenvalue weighted by Gasteiger charge is 2.36. The van der Waals surface area contributed by atoms with E-state index in [0.29, 0.717) is 5.92 Å². The number of rotatable bonds is 4. The van der Waals surface area contributed by atoms with Gasteiger partial charge in [0.25, 0.3) is 0 Å². The molecule has 0 heterocycles. The van der Waals surface area contributed by atoms with Crippen LogP contribution in [0.5, 0.6) is 0 Å². The first-order chi connectivity index (χ1) is 8.30. The summed E-state index contributed by atoms with van der Waals surface area (Å²) in [6.45, 7) is 7.90. The van der Waals surface area contributed by atoms with Crippen LogP contribution in [0, 0.1) is 5.41 Å². The smallest absolute Gasteiger partial charge is 0.313 e. The van der Waals surface area contributed by atoms with Crippen molar-refractivity contribution in [1.82, 2.24) is 0 Å². The summed E-state index contributed by atoms with van der Waals surface area (Å²) in [5.74, 6) is 0.201. The molecule has 0 aliphatic heterocycles. The Kier molecular flexibility index (Phi) is 6.53. The Bertz CT molecular complexity index is 413. The first-order valence-electron chi connectivity index (χ1n) is 6.24. The number of ether oxygens (including phenoxy) is 1. The summed E-state index contributed by atoms with van der Waals surface area (Å²) in [5, 5.41) is 0. The van der Waals surface area contributed by atoms with Gasteiger partial charge in [-0.1, -0.05) is 38.1 Å². The second-order valence-corrected chi connectivity index (χ2v) is 5.51. The maximum absolute atomic E-state index is 11.7. The minimum Gasteiger partial charge on any atom is -0.469 e. The molecule has 0 spiro atoms. The minimum atomic E-state index is -0.728. The molecule has 0 aliphatic carbocycles. The summed E-state index contributed by atoms with van der Waals surface area (Å²) in [6, 6.07) is 7.74. The molecule has 0 aliphatic rings. The van der Waals surface area contributed by atoms with E-state index in [9.17, 15) is 4.79 Å². The monoisotopic (exact) mass is 285 g/mol. The van der Waals surface area contributed by atoms with Gasteiger partial charge in [-0.25, -0.2) is 0 Å². The van der Waals surface area contributed by atoms with E-state index >= 15 is 0 Å². The molecule has 1 rings (SSSR count). The number of hydrogen-bond donors (Lipinski definition) is 1. The van der Waals surface area contributed by atoms with E-state index in [0.717, 1.165) is 5.56 Å². The number of carbonyl (C=O) groups excluding carboxylic acids is 1. The molecular formula is C15H24ClNO2. The lowest BCUT2D eigenvalue weighted by atomic mass is 9.80. The van der Waals surface area contributed by atoms with Crippen molar-refractivity contribution in [3.05, 3.63) is 35.4 Å². The van der Waals surface area contributed by atoms with Crippen LogP contribution < -0.4 is 5.73 Å². The van der Waals surface area contributed by atoms with Gasteiger partial charge < -0.3 is 10.5 Å². The Hall–Kier alpha value is -1.06. The van der Waals surface area contributed by atoms with Crippen molar-refractivity contribution in [1.29, 1.82) is 0 Å². The molecule has 0 amide bonds. The number of esters is 1. The van der Waals surface area contributed by atoms with E-state index in [1.165, 1.54) is 12.7 Å². The maximum atomic E-state index is 11.7. The second kappa shape index (κ2) is 6.92. The van der Waals surface area contributed by atoms with Gasteiger partial charge in [0.1, 0.15) is 0 Å². The van der Waals surface area contributed by atoms with Gasteiger partial charge >= 0.3 is 5.97 Å². The average molecular weight is 286 g/mol. The molecule has 19 heavy (non-hydrogen) atoms. The Morgan fingerprint density at radius 3 is 1.95 bits per heavy atom. The van der Waals surface area contributed by atoms with E-state index in [2.05, 4.69) is 26.0 Å². The quantitative estimate of drug-likeness (QED) is 0.862. The molecule has 0 aromatic heterocycles. The average Bonchev–Trinajstić information content (AvgIpc) is 2.36. The van der Waals surface area contributed by atoms with Gasteiger partial charge in [0.05, 0.1) is 12.5 Å². The van der Waals surface area contributed by atoms with Crippen LogP contribution in [0.3, 0.4) is 0 Å². The fourth-order valence-corrected chi connectivity index (χ4v) is 1.89. The predicted octanol–water partition coefficient (Wildman–Crippen LogP) is 3.43. The molecule has 3 nitrogen and oxygen atoms in total. The van der Waals surface area contributed by atoms with E-state index in [4.69, 9.17) is 10.5 Å². The highest BCUT2D eigenvalue weighted by molar-refractivity contribution is 5.85. The molecule has 1 aromatic carbocycles. The van der Waals surface area contributed by atoms with Crippen molar-refractivity contribution >= 4 is 18.4 Å². The third-order valence-electron chi connectivity index (χ3n) is 3.45. The Morgan fingerprint density at radius 2 is 1.58 bits per heavy atom. The van der Waals surface area contributed by atoms with Crippen LogP contribution in [0.4, 0.5) is 0 Å². The number of carbonyl (C=O) groups is 1. The number of benzene rings is 1. The van der Waals surface area contributed by atoms with E-state index in [1.54, 1.807) is 13.8 Å². The number of nitrogens with two attached hydrogens (primary N) is 1. The van der Waals surface area contributed by atoms with E-state index < -0.39 is 5.41 Å². The lowest BCUT2D eigenvalue weighted by molar-refractivity contribution is -0.152. The normalized spacial score (nSPS) is 12.8. The fourth-order valence-electron chi connectivity index (χ4n) is 1.89. The molecule has 0 unspecified atom stereocenters. The number of hydrogen-bond acceptors (Lipinski definition) is 3. The maximum Gasteiger partial charge on any atom is 0.313 e. The standard InChI is InChI=1S/C15H23NO2.ClH/c1-10(2)11-6-8-12(9-7-11)13(16)15(3,4)14(17)18-5;/h6-10,13H,16H2,1-5H3;1H/t13-;/m0./s1. The van der Waals surface area contributed by atoms with Gasteiger partial charge in [0, 0.05) is 6.04 Å². The topological polar surface area (TPSA) is 52.3 Å². The molecule has 0 radical (unpaired) electrons. The van der Waals surface area contributed by atoms with Crippen LogP contribution in [0.2, 0.25) is 0 Å². The Balaban J connectivity index is 0.00000324. The SMILES string of the molecule is COC(=O)C(C)(C)[C@@H](N)c1ccc(C(C)C)cc1.Cl. The molecule has 1 atom stereocenters. The molecule has 0 saturated heterocycles. The van der Waals surface area contributed by atoms with Crippen molar-refractivity contribution in [2.75, 3.05) is 7.11 Å². The van der Waals surface area contributed by atoms with Gasteiger partial charge in [0.15, 0.2) is 0 Å². The summed E-state index contributed by atoms with van der Waals surface area (Å²) < 4.78 is 4.80. The predicted molar refractivity (Wildman–Crippen MR) is 80.5 cm³/mol. The van der Waals surface area contributed by atoms with E-state index in [1.807, 2.05) is 12.1 Å². The van der Waals surface area contributed by atoms with Crippen LogP contribution in [0.25, 0.3) is 0 Å². The zero-order valence-electron chi connectivity index (χ0n) is 12.3. The minimum absolute atomic E-state index is 0.